The number of carbonyl (C=O) groups is 1. The van der Waals surface area contributed by atoms with E-state index >= 15 is 0 Å². The second-order valence-corrected chi connectivity index (χ2v) is 9.70. The van der Waals surface area contributed by atoms with Gasteiger partial charge in [-0.1, -0.05) is 25.8 Å². The standard InChI is InChI=1S/C26H29FN4O4/c1-14-8-7-13-28-18(14)24(26(2)11-5-6-12-26)30-20-19(22(33)23(20)34)29-16-10-9-15(27)17(21(16)32)25(35)31(3)4/h7-10,13,24,29-30,32H,5-6,11-12H2,1-4H3/t24-/m0/s1. The van der Waals surface area contributed by atoms with Gasteiger partial charge >= 0.3 is 0 Å². The first-order valence-corrected chi connectivity index (χ1v) is 11.6. The Bertz CT molecular complexity index is 1350. The van der Waals surface area contributed by atoms with E-state index in [9.17, 15) is 23.9 Å². The molecule has 1 atom stereocenters. The quantitative estimate of drug-likeness (QED) is 0.346. The molecular formula is C26H29FN4O4. The molecule has 1 aliphatic carbocycles. The van der Waals surface area contributed by atoms with Gasteiger partial charge in [-0.25, -0.2) is 4.39 Å². The fourth-order valence-electron chi connectivity index (χ4n) is 4.87. The average molecular weight is 481 g/mol. The molecule has 0 saturated heterocycles. The number of amides is 1. The molecule has 0 bridgehead atoms. The minimum Gasteiger partial charge on any atom is -0.505 e. The van der Waals surface area contributed by atoms with Crippen LogP contribution in [0.25, 0.3) is 0 Å². The largest absolute Gasteiger partial charge is 0.505 e. The van der Waals surface area contributed by atoms with Gasteiger partial charge in [0.25, 0.3) is 16.8 Å². The third-order valence-corrected chi connectivity index (χ3v) is 6.97. The molecule has 0 aliphatic heterocycles. The summed E-state index contributed by atoms with van der Waals surface area (Å²) in [4.78, 5) is 43.2. The maximum absolute atomic E-state index is 14.3. The van der Waals surface area contributed by atoms with Crippen LogP contribution in [0.5, 0.6) is 5.75 Å². The Morgan fingerprint density at radius 2 is 1.80 bits per heavy atom. The molecule has 184 valence electrons. The zero-order chi connectivity index (χ0) is 25.5. The first kappa shape index (κ1) is 24.4. The Morgan fingerprint density at radius 1 is 1.14 bits per heavy atom. The van der Waals surface area contributed by atoms with Crippen molar-refractivity contribution in [2.45, 2.75) is 45.6 Å². The summed E-state index contributed by atoms with van der Waals surface area (Å²) in [6, 6.07) is 5.73. The van der Waals surface area contributed by atoms with Gasteiger partial charge in [0.05, 0.1) is 17.4 Å². The van der Waals surface area contributed by atoms with Crippen LogP contribution >= 0.6 is 0 Å². The number of aryl methyl sites for hydroxylation is 1. The molecule has 1 aliphatic rings. The maximum Gasteiger partial charge on any atom is 0.260 e. The lowest BCUT2D eigenvalue weighted by atomic mass is 9.77. The number of pyridine rings is 1. The maximum atomic E-state index is 14.3. The molecule has 0 unspecified atom stereocenters. The monoisotopic (exact) mass is 480 g/mol. The molecule has 2 aromatic carbocycles. The van der Waals surface area contributed by atoms with Gasteiger partial charge in [0.2, 0.25) is 0 Å². The van der Waals surface area contributed by atoms with Gasteiger partial charge in [0, 0.05) is 20.3 Å². The van der Waals surface area contributed by atoms with Gasteiger partial charge in [0.15, 0.2) is 5.75 Å². The van der Waals surface area contributed by atoms with Crippen molar-refractivity contribution in [2.75, 3.05) is 24.7 Å². The van der Waals surface area contributed by atoms with Crippen molar-refractivity contribution in [3.8, 4) is 5.75 Å². The van der Waals surface area contributed by atoms with Crippen molar-refractivity contribution in [1.29, 1.82) is 0 Å². The molecule has 4 rings (SSSR count). The van der Waals surface area contributed by atoms with Crippen LogP contribution in [0.3, 0.4) is 0 Å². The fourth-order valence-corrected chi connectivity index (χ4v) is 4.87. The first-order valence-electron chi connectivity index (χ1n) is 11.6. The van der Waals surface area contributed by atoms with E-state index in [1.165, 1.54) is 20.2 Å². The number of anilines is 3. The zero-order valence-corrected chi connectivity index (χ0v) is 20.2. The SMILES string of the molecule is Cc1cccnc1[C@H](Nc1c(Nc2ccc(F)c(C(=O)N(C)C)c2O)c(=O)c1=O)C1(C)CCCC1. The fraction of sp³-hybridized carbons (Fsp3) is 0.385. The van der Waals surface area contributed by atoms with Crippen LogP contribution in [0.4, 0.5) is 21.5 Å². The van der Waals surface area contributed by atoms with Gasteiger partial charge < -0.3 is 20.6 Å². The minimum absolute atomic E-state index is 0.0414. The van der Waals surface area contributed by atoms with Crippen molar-refractivity contribution >= 4 is 23.0 Å². The number of phenolic OH excluding ortho intramolecular Hbond substituents is 1. The van der Waals surface area contributed by atoms with E-state index in [-0.39, 0.29) is 28.5 Å². The Balaban J connectivity index is 1.72. The number of benzene rings is 1. The number of nitrogens with one attached hydrogen (secondary N) is 2. The Kier molecular flexibility index (Phi) is 6.36. The van der Waals surface area contributed by atoms with Crippen LogP contribution < -0.4 is 21.5 Å². The lowest BCUT2D eigenvalue weighted by molar-refractivity contribution is 0.0820. The van der Waals surface area contributed by atoms with Crippen molar-refractivity contribution in [1.82, 2.24) is 9.88 Å². The van der Waals surface area contributed by atoms with Crippen LogP contribution in [0.1, 0.15) is 60.3 Å². The van der Waals surface area contributed by atoms with Gasteiger partial charge in [-0.15, -0.1) is 0 Å². The Hall–Kier alpha value is -3.75. The lowest BCUT2D eigenvalue weighted by Crippen LogP contribution is -2.40. The molecule has 8 nitrogen and oxygen atoms in total. The Labute approximate surface area is 202 Å². The van der Waals surface area contributed by atoms with E-state index in [4.69, 9.17) is 0 Å². The summed E-state index contributed by atoms with van der Waals surface area (Å²) >= 11 is 0. The number of nitrogens with zero attached hydrogens (tertiary/aromatic N) is 2. The number of aromatic hydroxyl groups is 1. The molecule has 1 amide bonds. The van der Waals surface area contributed by atoms with Crippen molar-refractivity contribution < 1.29 is 14.3 Å². The number of halogens is 1. The van der Waals surface area contributed by atoms with E-state index in [2.05, 4.69) is 22.5 Å². The molecule has 1 fully saturated rings. The number of carbonyl (C=O) groups excluding carboxylic acids is 1. The molecule has 9 heteroatoms. The predicted octanol–water partition coefficient (Wildman–Crippen LogP) is 4.01. The van der Waals surface area contributed by atoms with E-state index in [0.717, 1.165) is 47.9 Å². The molecule has 0 radical (unpaired) electrons. The van der Waals surface area contributed by atoms with Crippen LogP contribution in [0.2, 0.25) is 0 Å². The molecule has 1 heterocycles. The summed E-state index contributed by atoms with van der Waals surface area (Å²) < 4.78 is 14.3. The van der Waals surface area contributed by atoms with Crippen LogP contribution in [-0.4, -0.2) is 35.0 Å². The molecule has 3 N–H and O–H groups in total. The van der Waals surface area contributed by atoms with Gasteiger partial charge in [-0.3, -0.25) is 19.4 Å². The topological polar surface area (TPSA) is 112 Å². The molecule has 3 aromatic rings. The van der Waals surface area contributed by atoms with Crippen molar-refractivity contribution in [3.63, 3.8) is 0 Å². The highest BCUT2D eigenvalue weighted by molar-refractivity contribution is 5.99. The van der Waals surface area contributed by atoms with Crippen molar-refractivity contribution in [3.05, 3.63) is 73.5 Å². The first-order chi connectivity index (χ1) is 16.5. The number of aromatic nitrogens is 1. The number of hydrogen-bond acceptors (Lipinski definition) is 7. The number of phenols is 1. The van der Waals surface area contributed by atoms with E-state index in [1.54, 1.807) is 6.20 Å². The normalized spacial score (nSPS) is 15.7. The summed E-state index contributed by atoms with van der Waals surface area (Å²) in [5, 5.41) is 16.6. The van der Waals surface area contributed by atoms with Crippen LogP contribution in [0.15, 0.2) is 40.1 Å². The van der Waals surface area contributed by atoms with E-state index < -0.39 is 33.9 Å². The molecule has 35 heavy (non-hydrogen) atoms. The minimum atomic E-state index is -0.894. The van der Waals surface area contributed by atoms with Gasteiger partial charge in [0.1, 0.15) is 22.8 Å². The average Bonchev–Trinajstić information content (AvgIpc) is 3.27. The summed E-state index contributed by atoms with van der Waals surface area (Å²) in [6.07, 6.45) is 5.70. The molecular weight excluding hydrogens is 451 g/mol. The zero-order valence-electron chi connectivity index (χ0n) is 20.2. The summed E-state index contributed by atoms with van der Waals surface area (Å²) in [5.74, 6) is -2.26. The predicted molar refractivity (Wildman–Crippen MR) is 133 cm³/mol. The summed E-state index contributed by atoms with van der Waals surface area (Å²) in [7, 11) is 2.87. The second-order valence-electron chi connectivity index (χ2n) is 9.70. The third-order valence-electron chi connectivity index (χ3n) is 6.97. The number of hydrogen-bond donors (Lipinski definition) is 3. The highest BCUT2D eigenvalue weighted by Crippen LogP contribution is 2.49. The molecule has 0 spiro atoms. The van der Waals surface area contributed by atoms with Crippen molar-refractivity contribution in [2.24, 2.45) is 5.41 Å². The summed E-state index contributed by atoms with van der Waals surface area (Å²) in [5.41, 5.74) is -0.377. The summed E-state index contributed by atoms with van der Waals surface area (Å²) in [6.45, 7) is 4.10. The highest BCUT2D eigenvalue weighted by atomic mass is 19.1. The van der Waals surface area contributed by atoms with Gasteiger partial charge in [-0.2, -0.15) is 0 Å². The van der Waals surface area contributed by atoms with Crippen LogP contribution in [-0.2, 0) is 0 Å². The lowest BCUT2D eigenvalue weighted by Gasteiger charge is -2.36. The Morgan fingerprint density at radius 3 is 2.43 bits per heavy atom. The molecule has 1 aromatic heterocycles. The van der Waals surface area contributed by atoms with Crippen LogP contribution in [0, 0.1) is 18.2 Å². The number of rotatable bonds is 7. The van der Waals surface area contributed by atoms with E-state index in [1.807, 2.05) is 19.1 Å². The third kappa shape index (κ3) is 4.26. The smallest absolute Gasteiger partial charge is 0.260 e. The highest BCUT2D eigenvalue weighted by Gasteiger charge is 2.41. The molecule has 1 saturated carbocycles. The van der Waals surface area contributed by atoms with Gasteiger partial charge in [-0.05, 0) is 48.9 Å². The second kappa shape index (κ2) is 9.13. The van der Waals surface area contributed by atoms with E-state index in [0.29, 0.717) is 0 Å².